The lowest BCUT2D eigenvalue weighted by atomic mass is 10.1. The molecule has 0 spiro atoms. The Labute approximate surface area is 203 Å². The van der Waals surface area contributed by atoms with E-state index in [1.165, 1.54) is 4.90 Å². The molecule has 0 atom stereocenters. The molecule has 2 saturated heterocycles. The van der Waals surface area contributed by atoms with Gasteiger partial charge in [0.05, 0.1) is 18.0 Å². The minimum Gasteiger partial charge on any atom is -0.465 e. The standard InChI is InChI=1S/C24H28N8O3/c33-19-2-7-30(8-3-19)18-14-20(28-21(15-18)29-22-16-25-5-6-26-22)17-1-4-27-23(13-17)31-9-11-32(12-10-31)24(34)35/h1,4-6,13-16,19,33H,2-3,7-12H2,(H,34,35)(H,26,28,29). The number of carbonyl (C=O) groups is 1. The molecular formula is C24H28N8O3. The Morgan fingerprint density at radius 3 is 2.43 bits per heavy atom. The van der Waals surface area contributed by atoms with Crippen molar-refractivity contribution in [3.05, 3.63) is 49.1 Å². The van der Waals surface area contributed by atoms with Crippen LogP contribution < -0.4 is 15.1 Å². The quantitative estimate of drug-likeness (QED) is 0.505. The van der Waals surface area contributed by atoms with Crippen LogP contribution >= 0.6 is 0 Å². The van der Waals surface area contributed by atoms with Gasteiger partial charge in [-0.15, -0.1) is 0 Å². The first-order chi connectivity index (χ1) is 17.0. The molecule has 3 aromatic rings. The van der Waals surface area contributed by atoms with E-state index in [2.05, 4.69) is 36.1 Å². The van der Waals surface area contributed by atoms with Crippen LogP contribution in [0.3, 0.4) is 0 Å². The van der Waals surface area contributed by atoms with Gasteiger partial charge < -0.3 is 30.2 Å². The van der Waals surface area contributed by atoms with E-state index >= 15 is 0 Å². The lowest BCUT2D eigenvalue weighted by Crippen LogP contribution is -2.48. The molecule has 1 amide bonds. The summed E-state index contributed by atoms with van der Waals surface area (Å²) in [6.45, 7) is 3.61. The van der Waals surface area contributed by atoms with Crippen molar-refractivity contribution in [3.63, 3.8) is 0 Å². The van der Waals surface area contributed by atoms with Crippen LogP contribution in [0.2, 0.25) is 0 Å². The third kappa shape index (κ3) is 5.40. The van der Waals surface area contributed by atoms with Gasteiger partial charge in [-0.25, -0.2) is 19.7 Å². The Morgan fingerprint density at radius 1 is 0.914 bits per heavy atom. The zero-order valence-electron chi connectivity index (χ0n) is 19.3. The molecule has 0 saturated carbocycles. The molecule has 0 aromatic carbocycles. The van der Waals surface area contributed by atoms with Gasteiger partial charge in [0.2, 0.25) is 0 Å². The maximum absolute atomic E-state index is 11.2. The van der Waals surface area contributed by atoms with Gasteiger partial charge in [0.1, 0.15) is 17.5 Å². The van der Waals surface area contributed by atoms with E-state index in [-0.39, 0.29) is 6.10 Å². The minimum absolute atomic E-state index is 0.255. The maximum Gasteiger partial charge on any atom is 0.407 e. The Kier molecular flexibility index (Phi) is 6.57. The molecule has 2 aliphatic rings. The van der Waals surface area contributed by atoms with Crippen molar-refractivity contribution in [2.45, 2.75) is 18.9 Å². The molecule has 3 N–H and O–H groups in total. The molecule has 0 aliphatic carbocycles. The summed E-state index contributed by atoms with van der Waals surface area (Å²) in [6, 6.07) is 7.97. The number of rotatable bonds is 5. The Morgan fingerprint density at radius 2 is 1.71 bits per heavy atom. The average Bonchev–Trinajstić information content (AvgIpc) is 2.90. The van der Waals surface area contributed by atoms with Gasteiger partial charge in [-0.3, -0.25) is 4.98 Å². The zero-order valence-corrected chi connectivity index (χ0v) is 19.3. The SMILES string of the molecule is O=C(O)N1CCN(c2cc(-c3cc(N4CCC(O)CC4)cc(Nc4cnccn4)n3)ccn2)CC1. The predicted octanol–water partition coefficient (Wildman–Crippen LogP) is 2.44. The van der Waals surface area contributed by atoms with Gasteiger partial charge in [0, 0.05) is 75.2 Å². The number of amides is 1. The smallest absolute Gasteiger partial charge is 0.407 e. The second-order valence-electron chi connectivity index (χ2n) is 8.69. The highest BCUT2D eigenvalue weighted by atomic mass is 16.4. The van der Waals surface area contributed by atoms with Crippen LogP contribution in [0, 0.1) is 0 Å². The minimum atomic E-state index is -0.888. The molecule has 2 fully saturated rings. The summed E-state index contributed by atoms with van der Waals surface area (Å²) in [5.41, 5.74) is 2.71. The highest BCUT2D eigenvalue weighted by Crippen LogP contribution is 2.30. The van der Waals surface area contributed by atoms with Crippen LogP contribution in [0.5, 0.6) is 0 Å². The largest absolute Gasteiger partial charge is 0.465 e. The lowest BCUT2D eigenvalue weighted by Gasteiger charge is -2.34. The molecule has 0 bridgehead atoms. The molecule has 5 heterocycles. The van der Waals surface area contributed by atoms with Crippen molar-refractivity contribution in [2.75, 3.05) is 54.4 Å². The van der Waals surface area contributed by atoms with Crippen molar-refractivity contribution in [1.82, 2.24) is 24.8 Å². The molecule has 0 unspecified atom stereocenters. The van der Waals surface area contributed by atoms with Gasteiger partial charge in [-0.1, -0.05) is 0 Å². The number of hydrogen-bond acceptors (Lipinski definition) is 9. The van der Waals surface area contributed by atoms with Crippen molar-refractivity contribution >= 4 is 29.2 Å². The summed E-state index contributed by atoms with van der Waals surface area (Å²) in [4.78, 5) is 34.8. The van der Waals surface area contributed by atoms with E-state index in [4.69, 9.17) is 4.98 Å². The fraction of sp³-hybridized carbons (Fsp3) is 0.375. The highest BCUT2D eigenvalue weighted by molar-refractivity contribution is 5.72. The fourth-order valence-electron chi connectivity index (χ4n) is 4.41. The first-order valence-corrected chi connectivity index (χ1v) is 11.7. The van der Waals surface area contributed by atoms with Crippen molar-refractivity contribution in [3.8, 4) is 11.3 Å². The Hall–Kier alpha value is -3.99. The van der Waals surface area contributed by atoms with E-state index < -0.39 is 6.09 Å². The number of anilines is 4. The highest BCUT2D eigenvalue weighted by Gasteiger charge is 2.22. The van der Waals surface area contributed by atoms with Gasteiger partial charge in [0.25, 0.3) is 0 Å². The van der Waals surface area contributed by atoms with E-state index in [0.29, 0.717) is 37.8 Å². The topological polar surface area (TPSA) is 131 Å². The number of hydrogen-bond donors (Lipinski definition) is 3. The van der Waals surface area contributed by atoms with Crippen molar-refractivity contribution < 1.29 is 15.0 Å². The zero-order chi connectivity index (χ0) is 24.2. The molecule has 5 rings (SSSR count). The van der Waals surface area contributed by atoms with Gasteiger partial charge in [-0.2, -0.15) is 0 Å². The van der Waals surface area contributed by atoms with Crippen LogP contribution in [0.4, 0.5) is 27.9 Å². The second-order valence-corrected chi connectivity index (χ2v) is 8.69. The molecule has 35 heavy (non-hydrogen) atoms. The van der Waals surface area contributed by atoms with Crippen molar-refractivity contribution in [2.24, 2.45) is 0 Å². The number of pyridine rings is 2. The molecule has 2 aliphatic heterocycles. The lowest BCUT2D eigenvalue weighted by molar-refractivity contribution is 0.142. The molecule has 11 heteroatoms. The summed E-state index contributed by atoms with van der Waals surface area (Å²) in [5.74, 6) is 2.05. The monoisotopic (exact) mass is 476 g/mol. The van der Waals surface area contributed by atoms with E-state index in [1.54, 1.807) is 24.8 Å². The first kappa shape index (κ1) is 22.8. The van der Waals surface area contributed by atoms with Crippen LogP contribution in [0.1, 0.15) is 12.8 Å². The predicted molar refractivity (Wildman–Crippen MR) is 132 cm³/mol. The fourth-order valence-corrected chi connectivity index (χ4v) is 4.41. The maximum atomic E-state index is 11.2. The number of carboxylic acid groups (broad SMARTS) is 1. The van der Waals surface area contributed by atoms with Crippen LogP contribution in [-0.4, -0.2) is 86.5 Å². The summed E-state index contributed by atoms with van der Waals surface area (Å²) in [6.07, 6.45) is 6.96. The molecule has 3 aromatic heterocycles. The van der Waals surface area contributed by atoms with Crippen LogP contribution in [0.25, 0.3) is 11.3 Å². The number of piperidine rings is 1. The molecule has 11 nitrogen and oxygen atoms in total. The summed E-state index contributed by atoms with van der Waals surface area (Å²) >= 11 is 0. The van der Waals surface area contributed by atoms with Gasteiger partial charge >= 0.3 is 6.09 Å². The van der Waals surface area contributed by atoms with Gasteiger partial charge in [0.15, 0.2) is 0 Å². The second kappa shape index (κ2) is 10.1. The van der Waals surface area contributed by atoms with Crippen LogP contribution in [0.15, 0.2) is 49.1 Å². The Balaban J connectivity index is 1.44. The molecule has 182 valence electrons. The normalized spacial score (nSPS) is 16.9. The number of piperazine rings is 1. The average molecular weight is 477 g/mol. The van der Waals surface area contributed by atoms with Crippen molar-refractivity contribution in [1.29, 1.82) is 0 Å². The molecular weight excluding hydrogens is 448 g/mol. The summed E-state index contributed by atoms with van der Waals surface area (Å²) < 4.78 is 0. The van der Waals surface area contributed by atoms with E-state index in [1.807, 2.05) is 18.2 Å². The molecule has 0 radical (unpaired) electrons. The van der Waals surface area contributed by atoms with Gasteiger partial charge in [-0.05, 0) is 31.0 Å². The number of aromatic nitrogens is 4. The third-order valence-electron chi connectivity index (χ3n) is 6.37. The Bertz CT molecular complexity index is 1160. The number of nitrogens with one attached hydrogen (secondary N) is 1. The van der Waals surface area contributed by atoms with E-state index in [0.717, 1.165) is 48.7 Å². The number of aliphatic hydroxyl groups excluding tert-OH is 1. The number of aliphatic hydroxyl groups is 1. The van der Waals surface area contributed by atoms with Crippen LogP contribution in [-0.2, 0) is 0 Å². The third-order valence-corrected chi connectivity index (χ3v) is 6.37. The van der Waals surface area contributed by atoms with E-state index in [9.17, 15) is 15.0 Å². The summed E-state index contributed by atoms with van der Waals surface area (Å²) in [7, 11) is 0. The number of nitrogens with zero attached hydrogens (tertiary/aromatic N) is 7. The summed E-state index contributed by atoms with van der Waals surface area (Å²) in [5, 5.41) is 22.4. The first-order valence-electron chi connectivity index (χ1n) is 11.7.